The molecule has 0 unspecified atom stereocenters. The number of para-hydroxylation sites is 2. The Morgan fingerprint density at radius 2 is 1.88 bits per heavy atom. The molecule has 0 aliphatic heterocycles. The fraction of sp³-hybridized carbons (Fsp3) is 0.167. The fourth-order valence-electron chi connectivity index (χ4n) is 2.46. The largest absolute Gasteiger partial charge is 0.481 e. The summed E-state index contributed by atoms with van der Waals surface area (Å²) >= 11 is 1.37. The number of benzene rings is 2. The lowest BCUT2D eigenvalue weighted by atomic mass is 10.1. The third kappa shape index (κ3) is 4.19. The van der Waals surface area contributed by atoms with Crippen molar-refractivity contribution in [1.82, 2.24) is 9.55 Å². The molecule has 0 aliphatic rings. The highest BCUT2D eigenvalue weighted by atomic mass is 32.2. The topological polar surface area (TPSA) is 84.2 Å². The van der Waals surface area contributed by atoms with Crippen molar-refractivity contribution in [3.05, 3.63) is 54.1 Å². The summed E-state index contributed by atoms with van der Waals surface area (Å²) in [5.74, 6) is -0.771. The van der Waals surface area contributed by atoms with Crippen LogP contribution in [0.1, 0.15) is 5.56 Å². The van der Waals surface area contributed by atoms with Crippen molar-refractivity contribution < 1.29 is 14.7 Å². The Kier molecular flexibility index (Phi) is 5.04. The summed E-state index contributed by atoms with van der Waals surface area (Å²) in [7, 11) is 1.93. The van der Waals surface area contributed by atoms with E-state index < -0.39 is 5.97 Å². The number of carboxylic acids is 1. The molecular weight excluding hydrogens is 338 g/mol. The summed E-state index contributed by atoms with van der Waals surface area (Å²) in [6, 6.07) is 14.6. The van der Waals surface area contributed by atoms with E-state index in [4.69, 9.17) is 5.11 Å². The molecule has 0 spiro atoms. The van der Waals surface area contributed by atoms with E-state index in [9.17, 15) is 9.59 Å². The zero-order valence-corrected chi connectivity index (χ0v) is 14.4. The van der Waals surface area contributed by atoms with Crippen LogP contribution >= 0.6 is 11.8 Å². The molecule has 2 N–H and O–H groups in total. The summed E-state index contributed by atoms with van der Waals surface area (Å²) in [4.78, 5) is 27.3. The van der Waals surface area contributed by atoms with Crippen molar-refractivity contribution in [2.24, 2.45) is 7.05 Å². The van der Waals surface area contributed by atoms with Gasteiger partial charge >= 0.3 is 5.97 Å². The minimum Gasteiger partial charge on any atom is -0.481 e. The van der Waals surface area contributed by atoms with Gasteiger partial charge in [-0.2, -0.15) is 0 Å². The van der Waals surface area contributed by atoms with Crippen molar-refractivity contribution in [3.8, 4) is 0 Å². The lowest BCUT2D eigenvalue weighted by molar-refractivity contribution is -0.136. The number of nitrogens with one attached hydrogen (secondary N) is 1. The molecule has 0 atom stereocenters. The molecule has 2 aromatic carbocycles. The molecule has 0 bridgehead atoms. The highest BCUT2D eigenvalue weighted by Gasteiger charge is 2.10. The zero-order chi connectivity index (χ0) is 17.8. The molecule has 1 aromatic heterocycles. The molecule has 7 heteroatoms. The monoisotopic (exact) mass is 355 g/mol. The number of hydrogen-bond donors (Lipinski definition) is 2. The summed E-state index contributed by atoms with van der Waals surface area (Å²) in [5.41, 5.74) is 3.27. The second-order valence-corrected chi connectivity index (χ2v) is 6.49. The number of fused-ring (bicyclic) bond motifs is 1. The third-order valence-electron chi connectivity index (χ3n) is 3.67. The van der Waals surface area contributed by atoms with Crippen LogP contribution in [0.4, 0.5) is 5.69 Å². The van der Waals surface area contributed by atoms with Crippen molar-refractivity contribution in [2.75, 3.05) is 11.1 Å². The van der Waals surface area contributed by atoms with Gasteiger partial charge in [0.15, 0.2) is 5.16 Å². The molecule has 1 heterocycles. The third-order valence-corrected chi connectivity index (χ3v) is 4.70. The fourth-order valence-corrected chi connectivity index (χ4v) is 3.25. The predicted octanol–water partition coefficient (Wildman–Crippen LogP) is 2.93. The molecular formula is C18H17N3O3S. The number of carboxylic acid groups (broad SMARTS) is 1. The van der Waals surface area contributed by atoms with Crippen LogP contribution in [0.5, 0.6) is 0 Å². The van der Waals surface area contributed by atoms with Gasteiger partial charge in [0.2, 0.25) is 5.91 Å². The average molecular weight is 355 g/mol. The maximum absolute atomic E-state index is 12.1. The van der Waals surface area contributed by atoms with E-state index in [1.54, 1.807) is 24.3 Å². The molecule has 0 aliphatic carbocycles. The molecule has 128 valence electrons. The normalized spacial score (nSPS) is 10.8. The van der Waals surface area contributed by atoms with Crippen LogP contribution in [-0.2, 0) is 23.1 Å². The van der Waals surface area contributed by atoms with Gasteiger partial charge in [-0.1, -0.05) is 36.0 Å². The highest BCUT2D eigenvalue weighted by molar-refractivity contribution is 7.99. The smallest absolute Gasteiger partial charge is 0.307 e. The van der Waals surface area contributed by atoms with Crippen LogP contribution in [0, 0.1) is 0 Å². The summed E-state index contributed by atoms with van der Waals surface area (Å²) < 4.78 is 1.97. The van der Waals surface area contributed by atoms with Crippen LogP contribution in [0.2, 0.25) is 0 Å². The van der Waals surface area contributed by atoms with Gasteiger partial charge in [-0.3, -0.25) is 9.59 Å². The Hall–Kier alpha value is -2.80. The first kappa shape index (κ1) is 17.0. The number of aliphatic carboxylic acids is 1. The quantitative estimate of drug-likeness (QED) is 0.664. The van der Waals surface area contributed by atoms with Gasteiger partial charge in [0.05, 0.1) is 23.2 Å². The molecule has 0 fully saturated rings. The molecule has 3 aromatic rings. The van der Waals surface area contributed by atoms with Gasteiger partial charge in [-0.05, 0) is 29.8 Å². The van der Waals surface area contributed by atoms with E-state index in [0.717, 1.165) is 16.2 Å². The molecule has 3 rings (SSSR count). The second-order valence-electron chi connectivity index (χ2n) is 5.55. The van der Waals surface area contributed by atoms with E-state index in [2.05, 4.69) is 10.3 Å². The Bertz CT molecular complexity index is 919. The number of hydrogen-bond acceptors (Lipinski definition) is 4. The first-order valence-corrected chi connectivity index (χ1v) is 8.66. The zero-order valence-electron chi connectivity index (χ0n) is 13.6. The van der Waals surface area contributed by atoms with Gasteiger partial charge in [-0.15, -0.1) is 0 Å². The van der Waals surface area contributed by atoms with Gasteiger partial charge in [0, 0.05) is 12.7 Å². The number of rotatable bonds is 6. The standard InChI is InChI=1S/C18H17N3O3S/c1-21-15-5-3-2-4-14(15)20-18(21)25-11-16(22)19-13-8-6-12(7-9-13)10-17(23)24/h2-9H,10-11H2,1H3,(H,19,22)(H,23,24). The van der Waals surface area contributed by atoms with E-state index >= 15 is 0 Å². The molecule has 0 radical (unpaired) electrons. The Balaban J connectivity index is 1.59. The van der Waals surface area contributed by atoms with Gasteiger partial charge in [0.1, 0.15) is 0 Å². The van der Waals surface area contributed by atoms with Gasteiger partial charge < -0.3 is 15.0 Å². The first-order valence-electron chi connectivity index (χ1n) is 7.68. The van der Waals surface area contributed by atoms with Crippen LogP contribution < -0.4 is 5.32 Å². The number of anilines is 1. The lowest BCUT2D eigenvalue weighted by Gasteiger charge is -2.06. The number of carbonyl (C=O) groups excluding carboxylic acids is 1. The van der Waals surface area contributed by atoms with Crippen molar-refractivity contribution in [2.45, 2.75) is 11.6 Å². The summed E-state index contributed by atoms with van der Waals surface area (Å²) in [6.07, 6.45) is -0.0310. The molecule has 25 heavy (non-hydrogen) atoms. The minimum absolute atomic E-state index is 0.0310. The van der Waals surface area contributed by atoms with Gasteiger partial charge in [0.25, 0.3) is 0 Å². The molecule has 6 nitrogen and oxygen atoms in total. The Labute approximate surface area is 148 Å². The average Bonchev–Trinajstić information content (AvgIpc) is 2.91. The van der Waals surface area contributed by atoms with Crippen LogP contribution in [-0.4, -0.2) is 32.3 Å². The van der Waals surface area contributed by atoms with E-state index in [0.29, 0.717) is 11.3 Å². The molecule has 0 saturated heterocycles. The predicted molar refractivity (Wildman–Crippen MR) is 97.8 cm³/mol. The number of aromatic nitrogens is 2. The number of aryl methyl sites for hydroxylation is 1. The maximum Gasteiger partial charge on any atom is 0.307 e. The van der Waals surface area contributed by atoms with E-state index in [-0.39, 0.29) is 18.1 Å². The van der Waals surface area contributed by atoms with Crippen molar-refractivity contribution in [1.29, 1.82) is 0 Å². The highest BCUT2D eigenvalue weighted by Crippen LogP contribution is 2.22. The summed E-state index contributed by atoms with van der Waals surface area (Å²) in [6.45, 7) is 0. The van der Waals surface area contributed by atoms with Crippen LogP contribution in [0.3, 0.4) is 0 Å². The number of thioether (sulfide) groups is 1. The second kappa shape index (κ2) is 7.40. The van der Waals surface area contributed by atoms with Crippen molar-refractivity contribution >= 4 is 40.4 Å². The summed E-state index contributed by atoms with van der Waals surface area (Å²) in [5, 5.41) is 12.3. The SMILES string of the molecule is Cn1c(SCC(=O)Nc2ccc(CC(=O)O)cc2)nc2ccccc21. The van der Waals surface area contributed by atoms with Gasteiger partial charge in [-0.25, -0.2) is 4.98 Å². The van der Waals surface area contributed by atoms with Crippen LogP contribution in [0.15, 0.2) is 53.7 Å². The number of amides is 1. The number of carbonyl (C=O) groups is 2. The Morgan fingerprint density at radius 3 is 2.56 bits per heavy atom. The number of imidazole rings is 1. The van der Waals surface area contributed by atoms with E-state index in [1.807, 2.05) is 35.9 Å². The number of nitrogens with zero attached hydrogens (tertiary/aromatic N) is 2. The van der Waals surface area contributed by atoms with E-state index in [1.165, 1.54) is 11.8 Å². The molecule has 1 amide bonds. The molecule has 0 saturated carbocycles. The minimum atomic E-state index is -0.879. The first-order chi connectivity index (χ1) is 12.0. The lowest BCUT2D eigenvalue weighted by Crippen LogP contribution is -2.14. The Morgan fingerprint density at radius 1 is 1.16 bits per heavy atom. The van der Waals surface area contributed by atoms with Crippen molar-refractivity contribution in [3.63, 3.8) is 0 Å². The van der Waals surface area contributed by atoms with Crippen LogP contribution in [0.25, 0.3) is 11.0 Å². The maximum atomic E-state index is 12.1.